The molecule has 0 aromatic heterocycles. The van der Waals surface area contributed by atoms with Crippen molar-refractivity contribution in [3.63, 3.8) is 0 Å². The van der Waals surface area contributed by atoms with E-state index in [4.69, 9.17) is 0 Å². The molecule has 0 unspecified atom stereocenters. The number of halogens is 1. The number of likely N-dealkylation sites (tertiary alicyclic amines) is 1. The number of hydrogen-bond acceptors (Lipinski definition) is 1. The standard InChI is InChI=1S/C12H20FNO/c13-9-11-4-6-14(7-5-11)12(15)8-10-2-1-3-10/h10-11H,1-9H2. The molecule has 0 bridgehead atoms. The van der Waals surface area contributed by atoms with Gasteiger partial charge >= 0.3 is 0 Å². The largest absolute Gasteiger partial charge is 0.343 e. The first-order valence-electron chi connectivity index (χ1n) is 6.13. The lowest BCUT2D eigenvalue weighted by molar-refractivity contribution is -0.134. The van der Waals surface area contributed by atoms with E-state index in [1.54, 1.807) is 0 Å². The van der Waals surface area contributed by atoms with E-state index in [0.29, 0.717) is 11.8 Å². The minimum atomic E-state index is -0.218. The van der Waals surface area contributed by atoms with Crippen LogP contribution in [-0.4, -0.2) is 30.6 Å². The van der Waals surface area contributed by atoms with Crippen LogP contribution in [-0.2, 0) is 4.79 Å². The number of amides is 1. The molecule has 2 nitrogen and oxygen atoms in total. The summed E-state index contributed by atoms with van der Waals surface area (Å²) < 4.78 is 12.4. The Labute approximate surface area is 90.8 Å². The number of hydrogen-bond donors (Lipinski definition) is 0. The van der Waals surface area contributed by atoms with E-state index < -0.39 is 0 Å². The summed E-state index contributed by atoms with van der Waals surface area (Å²) in [6.07, 6.45) is 6.20. The zero-order chi connectivity index (χ0) is 10.7. The van der Waals surface area contributed by atoms with Gasteiger partial charge in [-0.1, -0.05) is 6.42 Å². The molecule has 2 fully saturated rings. The molecule has 1 heterocycles. The maximum atomic E-state index is 12.4. The first-order valence-corrected chi connectivity index (χ1v) is 6.13. The fourth-order valence-corrected chi connectivity index (χ4v) is 2.41. The second kappa shape index (κ2) is 4.95. The maximum absolute atomic E-state index is 12.4. The third-order valence-electron chi connectivity index (χ3n) is 3.87. The second-order valence-electron chi connectivity index (χ2n) is 4.98. The first-order chi connectivity index (χ1) is 7.29. The van der Waals surface area contributed by atoms with Gasteiger partial charge in [0.15, 0.2) is 0 Å². The third kappa shape index (κ3) is 2.70. The molecular weight excluding hydrogens is 193 g/mol. The Balaban J connectivity index is 1.71. The molecule has 0 aromatic carbocycles. The highest BCUT2D eigenvalue weighted by atomic mass is 19.1. The van der Waals surface area contributed by atoms with Crippen LogP contribution in [0.25, 0.3) is 0 Å². The van der Waals surface area contributed by atoms with Crippen LogP contribution in [0.15, 0.2) is 0 Å². The van der Waals surface area contributed by atoms with E-state index in [1.165, 1.54) is 19.3 Å². The van der Waals surface area contributed by atoms with Gasteiger partial charge in [-0.2, -0.15) is 0 Å². The van der Waals surface area contributed by atoms with E-state index in [1.807, 2.05) is 4.90 Å². The molecule has 3 heteroatoms. The minimum Gasteiger partial charge on any atom is -0.343 e. The predicted molar refractivity (Wildman–Crippen MR) is 57.2 cm³/mol. The number of nitrogens with zero attached hydrogens (tertiary/aromatic N) is 1. The number of alkyl halides is 1. The topological polar surface area (TPSA) is 20.3 Å². The minimum absolute atomic E-state index is 0.206. The summed E-state index contributed by atoms with van der Waals surface area (Å²) in [7, 11) is 0. The van der Waals surface area contributed by atoms with Crippen molar-refractivity contribution < 1.29 is 9.18 Å². The Morgan fingerprint density at radius 2 is 1.80 bits per heavy atom. The van der Waals surface area contributed by atoms with Crippen LogP contribution in [0.5, 0.6) is 0 Å². The second-order valence-corrected chi connectivity index (χ2v) is 4.98. The zero-order valence-corrected chi connectivity index (χ0v) is 9.25. The summed E-state index contributed by atoms with van der Waals surface area (Å²) in [6.45, 7) is 1.34. The Bertz CT molecular complexity index is 220. The van der Waals surface area contributed by atoms with Crippen LogP contribution in [0.3, 0.4) is 0 Å². The summed E-state index contributed by atoms with van der Waals surface area (Å²) >= 11 is 0. The molecule has 1 aliphatic carbocycles. The van der Waals surface area contributed by atoms with Gasteiger partial charge in [0.2, 0.25) is 5.91 Å². The monoisotopic (exact) mass is 213 g/mol. The lowest BCUT2D eigenvalue weighted by Gasteiger charge is -2.33. The number of rotatable bonds is 3. The number of carbonyl (C=O) groups excluding carboxylic acids is 1. The molecule has 86 valence electrons. The van der Waals surface area contributed by atoms with Gasteiger partial charge in [0.25, 0.3) is 0 Å². The van der Waals surface area contributed by atoms with E-state index in [9.17, 15) is 9.18 Å². The smallest absolute Gasteiger partial charge is 0.222 e. The van der Waals surface area contributed by atoms with Gasteiger partial charge in [-0.15, -0.1) is 0 Å². The molecule has 1 saturated heterocycles. The van der Waals surface area contributed by atoms with Crippen LogP contribution in [0, 0.1) is 11.8 Å². The van der Waals surface area contributed by atoms with Crippen LogP contribution in [0.4, 0.5) is 4.39 Å². The molecular formula is C12H20FNO. The van der Waals surface area contributed by atoms with Crippen molar-refractivity contribution >= 4 is 5.91 Å². The Hall–Kier alpha value is -0.600. The quantitative estimate of drug-likeness (QED) is 0.705. The zero-order valence-electron chi connectivity index (χ0n) is 9.25. The molecule has 0 aromatic rings. The molecule has 1 amide bonds. The fourth-order valence-electron chi connectivity index (χ4n) is 2.41. The summed E-state index contributed by atoms with van der Waals surface area (Å²) in [5.74, 6) is 1.16. The van der Waals surface area contributed by atoms with Gasteiger partial charge in [0.1, 0.15) is 0 Å². The van der Waals surface area contributed by atoms with Gasteiger partial charge in [-0.25, -0.2) is 0 Å². The highest BCUT2D eigenvalue weighted by Crippen LogP contribution is 2.30. The molecule has 1 saturated carbocycles. The highest BCUT2D eigenvalue weighted by molar-refractivity contribution is 5.76. The summed E-state index contributed by atoms with van der Waals surface area (Å²) in [5.41, 5.74) is 0. The Morgan fingerprint density at radius 1 is 1.13 bits per heavy atom. The Morgan fingerprint density at radius 3 is 2.27 bits per heavy atom. The van der Waals surface area contributed by atoms with Crippen molar-refractivity contribution in [2.45, 2.75) is 38.5 Å². The fraction of sp³-hybridized carbons (Fsp3) is 0.917. The van der Waals surface area contributed by atoms with Crippen LogP contribution < -0.4 is 0 Å². The van der Waals surface area contributed by atoms with Gasteiger partial charge in [0.05, 0.1) is 6.67 Å². The molecule has 0 spiro atoms. The average molecular weight is 213 g/mol. The van der Waals surface area contributed by atoms with E-state index in [2.05, 4.69) is 0 Å². The number of piperidine rings is 1. The SMILES string of the molecule is O=C(CC1CCC1)N1CCC(CF)CC1. The van der Waals surface area contributed by atoms with Crippen molar-refractivity contribution in [3.05, 3.63) is 0 Å². The molecule has 15 heavy (non-hydrogen) atoms. The van der Waals surface area contributed by atoms with Crippen molar-refractivity contribution in [2.24, 2.45) is 11.8 Å². The van der Waals surface area contributed by atoms with Gasteiger partial charge in [0, 0.05) is 19.5 Å². The van der Waals surface area contributed by atoms with Crippen molar-refractivity contribution in [1.29, 1.82) is 0 Å². The van der Waals surface area contributed by atoms with Crippen molar-refractivity contribution in [2.75, 3.05) is 19.8 Å². The van der Waals surface area contributed by atoms with E-state index in [-0.39, 0.29) is 12.6 Å². The maximum Gasteiger partial charge on any atom is 0.222 e. The summed E-state index contributed by atoms with van der Waals surface area (Å²) in [5, 5.41) is 0. The molecule has 0 atom stereocenters. The third-order valence-corrected chi connectivity index (χ3v) is 3.87. The number of carbonyl (C=O) groups is 1. The average Bonchev–Trinajstić information content (AvgIpc) is 2.23. The van der Waals surface area contributed by atoms with Crippen molar-refractivity contribution in [3.8, 4) is 0 Å². The van der Waals surface area contributed by atoms with E-state index >= 15 is 0 Å². The normalized spacial score (nSPS) is 23.9. The first kappa shape index (κ1) is 10.9. The van der Waals surface area contributed by atoms with Crippen LogP contribution >= 0.6 is 0 Å². The molecule has 0 N–H and O–H groups in total. The molecule has 2 aliphatic rings. The van der Waals surface area contributed by atoms with Gasteiger partial charge in [-0.05, 0) is 37.5 Å². The molecule has 0 radical (unpaired) electrons. The Kier molecular flexibility index (Phi) is 3.60. The summed E-state index contributed by atoms with van der Waals surface area (Å²) in [4.78, 5) is 13.8. The lowest BCUT2D eigenvalue weighted by Crippen LogP contribution is -2.40. The summed E-state index contributed by atoms with van der Waals surface area (Å²) in [6, 6.07) is 0. The van der Waals surface area contributed by atoms with E-state index in [0.717, 1.165) is 32.4 Å². The predicted octanol–water partition coefficient (Wildman–Crippen LogP) is 2.38. The van der Waals surface area contributed by atoms with Crippen LogP contribution in [0.1, 0.15) is 38.5 Å². The molecule has 1 aliphatic heterocycles. The van der Waals surface area contributed by atoms with Gasteiger partial charge < -0.3 is 4.90 Å². The molecule has 2 rings (SSSR count). The van der Waals surface area contributed by atoms with Gasteiger partial charge in [-0.3, -0.25) is 9.18 Å². The highest BCUT2D eigenvalue weighted by Gasteiger charge is 2.26. The van der Waals surface area contributed by atoms with Crippen molar-refractivity contribution in [1.82, 2.24) is 4.90 Å². The lowest BCUT2D eigenvalue weighted by atomic mass is 9.82. The van der Waals surface area contributed by atoms with Crippen LogP contribution in [0.2, 0.25) is 0 Å².